The minimum atomic E-state index is -1.00. The van der Waals surface area contributed by atoms with E-state index in [2.05, 4.69) is 15.6 Å². The average Bonchev–Trinajstić information content (AvgIpc) is 2.85. The number of phenolic OH excluding ortho intramolecular Hbond substituents is 1. The van der Waals surface area contributed by atoms with Gasteiger partial charge >= 0.3 is 6.09 Å². The van der Waals surface area contributed by atoms with Gasteiger partial charge in [0.2, 0.25) is 0 Å². The molecule has 1 aliphatic carbocycles. The number of hydrogen-bond donors (Lipinski definition) is 4. The molecule has 0 aliphatic heterocycles. The highest BCUT2D eigenvalue weighted by atomic mass is 35.5. The number of carbonyl (C=O) groups is 2. The Bertz CT molecular complexity index is 1320. The number of ether oxygens (including phenoxy) is 1. The minimum absolute atomic E-state index is 0.0212. The van der Waals surface area contributed by atoms with Crippen LogP contribution in [0.3, 0.4) is 0 Å². The summed E-state index contributed by atoms with van der Waals surface area (Å²) in [6.45, 7) is 4.02. The SMILES string of the molecule is COc1cc(-c2ccc3ncc(C(=O)CC(C)C)c(NC4CCC(NC(=O)O)CC4)c3c2)cc(Cl)c1O. The van der Waals surface area contributed by atoms with Crippen molar-refractivity contribution in [3.63, 3.8) is 0 Å². The Balaban J connectivity index is 1.75. The third-order valence-corrected chi connectivity index (χ3v) is 7.04. The summed E-state index contributed by atoms with van der Waals surface area (Å²) >= 11 is 6.24. The Morgan fingerprint density at radius 3 is 2.46 bits per heavy atom. The molecule has 0 atom stereocenters. The molecule has 0 saturated heterocycles. The van der Waals surface area contributed by atoms with E-state index in [1.807, 2.05) is 32.0 Å². The predicted octanol–water partition coefficient (Wildman–Crippen LogP) is 6.49. The van der Waals surface area contributed by atoms with Gasteiger partial charge in [-0.25, -0.2) is 4.79 Å². The summed E-state index contributed by atoms with van der Waals surface area (Å²) in [7, 11) is 1.47. The van der Waals surface area contributed by atoms with E-state index in [4.69, 9.17) is 21.4 Å². The maximum Gasteiger partial charge on any atom is 0.404 e. The number of pyridine rings is 1. The van der Waals surface area contributed by atoms with Gasteiger partial charge in [-0.05, 0) is 67.0 Å². The Morgan fingerprint density at radius 1 is 1.11 bits per heavy atom. The summed E-state index contributed by atoms with van der Waals surface area (Å²) < 4.78 is 5.27. The summed E-state index contributed by atoms with van der Waals surface area (Å²) in [5.41, 5.74) is 3.62. The van der Waals surface area contributed by atoms with Crippen molar-refractivity contribution in [1.82, 2.24) is 10.3 Å². The van der Waals surface area contributed by atoms with Gasteiger partial charge in [0.25, 0.3) is 0 Å². The molecular weight excluding hydrogens is 494 g/mol. The maximum atomic E-state index is 13.2. The van der Waals surface area contributed by atoms with Crippen molar-refractivity contribution in [2.24, 2.45) is 5.92 Å². The highest BCUT2D eigenvalue weighted by Crippen LogP contribution is 2.40. The Kier molecular flexibility index (Phi) is 8.07. The van der Waals surface area contributed by atoms with E-state index >= 15 is 0 Å². The monoisotopic (exact) mass is 525 g/mol. The number of benzene rings is 2. The number of phenols is 1. The van der Waals surface area contributed by atoms with Gasteiger partial charge in [-0.1, -0.05) is 31.5 Å². The molecule has 1 heterocycles. The van der Waals surface area contributed by atoms with E-state index < -0.39 is 6.09 Å². The normalized spacial score (nSPS) is 17.5. The quantitative estimate of drug-likeness (QED) is 0.248. The number of aromatic nitrogens is 1. The lowest BCUT2D eigenvalue weighted by molar-refractivity contribution is 0.0968. The predicted molar refractivity (Wildman–Crippen MR) is 145 cm³/mol. The van der Waals surface area contributed by atoms with E-state index in [1.54, 1.807) is 18.3 Å². The molecule has 1 aliphatic rings. The standard InChI is InChI=1S/C28H32ClN3O5/c1-15(2)10-24(33)21-14-30-23-9-4-16(17-12-22(29)27(34)25(13-17)37-3)11-20(23)26(21)31-18-5-7-19(8-6-18)32-28(35)36/h4,9,11-15,18-19,32,34H,5-8,10H2,1-3H3,(H,30,31)(H,35,36). The molecule has 4 rings (SSSR count). The molecule has 0 radical (unpaired) electrons. The smallest absolute Gasteiger partial charge is 0.404 e. The molecule has 0 bridgehead atoms. The average molecular weight is 526 g/mol. The summed E-state index contributed by atoms with van der Waals surface area (Å²) in [5.74, 6) is 0.373. The lowest BCUT2D eigenvalue weighted by Crippen LogP contribution is -2.39. The Morgan fingerprint density at radius 2 is 1.81 bits per heavy atom. The second kappa shape index (κ2) is 11.3. The summed E-state index contributed by atoms with van der Waals surface area (Å²) in [5, 5.41) is 26.4. The van der Waals surface area contributed by atoms with Gasteiger partial charge in [0, 0.05) is 30.1 Å². The number of hydrogen-bond acceptors (Lipinski definition) is 6. The molecule has 1 fully saturated rings. The molecule has 1 saturated carbocycles. The third-order valence-electron chi connectivity index (χ3n) is 6.75. The zero-order valence-electron chi connectivity index (χ0n) is 21.2. The number of Topliss-reactive ketones (excluding diaryl/α,β-unsaturated/α-hetero) is 1. The number of amides is 1. The number of rotatable bonds is 8. The molecule has 3 aromatic rings. The van der Waals surface area contributed by atoms with E-state index in [0.29, 0.717) is 12.0 Å². The van der Waals surface area contributed by atoms with Crippen LogP contribution in [0.5, 0.6) is 11.5 Å². The number of aromatic hydroxyl groups is 1. The molecule has 1 aromatic heterocycles. The summed E-state index contributed by atoms with van der Waals surface area (Å²) in [6, 6.07) is 9.20. The zero-order valence-corrected chi connectivity index (χ0v) is 21.9. The Hall–Kier alpha value is -3.52. The fourth-order valence-corrected chi connectivity index (χ4v) is 5.09. The van der Waals surface area contributed by atoms with Crippen LogP contribution in [0.2, 0.25) is 5.02 Å². The van der Waals surface area contributed by atoms with Gasteiger partial charge in [-0.15, -0.1) is 0 Å². The fourth-order valence-electron chi connectivity index (χ4n) is 4.88. The number of nitrogens with zero attached hydrogens (tertiary/aromatic N) is 1. The van der Waals surface area contributed by atoms with E-state index in [1.165, 1.54) is 7.11 Å². The largest absolute Gasteiger partial charge is 0.503 e. The van der Waals surface area contributed by atoms with Crippen LogP contribution in [-0.4, -0.2) is 46.3 Å². The van der Waals surface area contributed by atoms with Gasteiger partial charge in [-0.2, -0.15) is 0 Å². The van der Waals surface area contributed by atoms with Crippen molar-refractivity contribution in [2.75, 3.05) is 12.4 Å². The van der Waals surface area contributed by atoms with Crippen LogP contribution in [0, 0.1) is 5.92 Å². The van der Waals surface area contributed by atoms with Crippen molar-refractivity contribution in [1.29, 1.82) is 0 Å². The van der Waals surface area contributed by atoms with E-state index in [9.17, 15) is 14.7 Å². The molecule has 0 unspecified atom stereocenters. The number of methoxy groups -OCH3 is 1. The Labute approximate surface area is 221 Å². The third kappa shape index (κ3) is 6.07. The first-order chi connectivity index (χ1) is 17.7. The second-order valence-electron chi connectivity index (χ2n) is 9.95. The molecule has 9 heteroatoms. The highest BCUT2D eigenvalue weighted by molar-refractivity contribution is 6.32. The van der Waals surface area contributed by atoms with Crippen LogP contribution in [0.4, 0.5) is 10.5 Å². The van der Waals surface area contributed by atoms with Crippen molar-refractivity contribution < 1.29 is 24.5 Å². The van der Waals surface area contributed by atoms with Crippen LogP contribution < -0.4 is 15.4 Å². The number of carboxylic acid groups (broad SMARTS) is 1. The highest BCUT2D eigenvalue weighted by Gasteiger charge is 2.25. The van der Waals surface area contributed by atoms with Gasteiger partial charge in [0.05, 0.1) is 28.9 Å². The minimum Gasteiger partial charge on any atom is -0.503 e. The molecule has 8 nitrogen and oxygen atoms in total. The first kappa shape index (κ1) is 26.5. The lowest BCUT2D eigenvalue weighted by atomic mass is 9.90. The van der Waals surface area contributed by atoms with Crippen molar-refractivity contribution in [2.45, 2.75) is 58.0 Å². The van der Waals surface area contributed by atoms with Gasteiger partial charge in [0.15, 0.2) is 17.3 Å². The van der Waals surface area contributed by atoms with Crippen LogP contribution in [-0.2, 0) is 0 Å². The molecule has 1 amide bonds. The molecule has 37 heavy (non-hydrogen) atoms. The van der Waals surface area contributed by atoms with Crippen LogP contribution in [0.1, 0.15) is 56.3 Å². The number of nitrogens with one attached hydrogen (secondary N) is 2. The first-order valence-electron chi connectivity index (χ1n) is 12.4. The topological polar surface area (TPSA) is 121 Å². The van der Waals surface area contributed by atoms with Crippen LogP contribution in [0.25, 0.3) is 22.0 Å². The van der Waals surface area contributed by atoms with Gasteiger partial charge < -0.3 is 25.6 Å². The van der Waals surface area contributed by atoms with Gasteiger partial charge in [-0.3, -0.25) is 9.78 Å². The van der Waals surface area contributed by atoms with E-state index in [-0.39, 0.29) is 40.3 Å². The number of fused-ring (bicyclic) bond motifs is 1. The van der Waals surface area contributed by atoms with Crippen molar-refractivity contribution >= 4 is 40.1 Å². The zero-order chi connectivity index (χ0) is 26.7. The molecule has 4 N–H and O–H groups in total. The lowest BCUT2D eigenvalue weighted by Gasteiger charge is -2.30. The number of anilines is 1. The summed E-state index contributed by atoms with van der Waals surface area (Å²) in [6.07, 6.45) is 4.04. The summed E-state index contributed by atoms with van der Waals surface area (Å²) in [4.78, 5) is 28.8. The van der Waals surface area contributed by atoms with Crippen LogP contribution >= 0.6 is 11.6 Å². The fraction of sp³-hybridized carbons (Fsp3) is 0.393. The molecule has 196 valence electrons. The maximum absolute atomic E-state index is 13.2. The molecule has 0 spiro atoms. The number of ketones is 1. The number of halogens is 1. The second-order valence-corrected chi connectivity index (χ2v) is 10.4. The molecular formula is C28H32ClN3O5. The van der Waals surface area contributed by atoms with Crippen molar-refractivity contribution in [3.05, 3.63) is 47.1 Å². The van der Waals surface area contributed by atoms with E-state index in [0.717, 1.165) is 53.4 Å². The number of carbonyl (C=O) groups excluding carboxylic acids is 1. The van der Waals surface area contributed by atoms with Crippen molar-refractivity contribution in [3.8, 4) is 22.6 Å². The van der Waals surface area contributed by atoms with Gasteiger partial charge in [0.1, 0.15) is 0 Å². The van der Waals surface area contributed by atoms with Crippen LogP contribution in [0.15, 0.2) is 36.5 Å². The molecule has 2 aromatic carbocycles. The first-order valence-corrected chi connectivity index (χ1v) is 12.8.